The fourth-order valence-corrected chi connectivity index (χ4v) is 4.08. The van der Waals surface area contributed by atoms with Crippen LogP contribution in [0.2, 0.25) is 0 Å². The van der Waals surface area contributed by atoms with Gasteiger partial charge in [0.1, 0.15) is 12.3 Å². The van der Waals surface area contributed by atoms with E-state index in [-0.39, 0.29) is 18.6 Å². The van der Waals surface area contributed by atoms with Crippen LogP contribution in [0.5, 0.6) is 5.75 Å². The van der Waals surface area contributed by atoms with Crippen molar-refractivity contribution in [1.82, 2.24) is 10.7 Å². The van der Waals surface area contributed by atoms with E-state index in [1.54, 1.807) is 54.6 Å². The molecule has 0 aromatic heterocycles. The number of hydrazone groups is 1. The van der Waals surface area contributed by atoms with Gasteiger partial charge in [0, 0.05) is 13.2 Å². The molecule has 1 saturated heterocycles. The third-order valence-corrected chi connectivity index (χ3v) is 6.08. The Labute approximate surface area is 199 Å². The molecule has 1 aliphatic rings. The minimum atomic E-state index is -3.64. The van der Waals surface area contributed by atoms with Crippen LogP contribution < -0.4 is 19.8 Å². The Kier molecular flexibility index (Phi) is 9.00. The number of ether oxygens (including phenoxy) is 2. The van der Waals surface area contributed by atoms with Crippen molar-refractivity contribution < 1.29 is 27.5 Å². The van der Waals surface area contributed by atoms with E-state index in [4.69, 9.17) is 9.47 Å². The van der Waals surface area contributed by atoms with Crippen molar-refractivity contribution in [3.05, 3.63) is 60.2 Å². The van der Waals surface area contributed by atoms with Crippen LogP contribution in [0.3, 0.4) is 0 Å². The molecular weight excluding hydrogens is 460 g/mol. The van der Waals surface area contributed by atoms with Gasteiger partial charge in [-0.1, -0.05) is 18.2 Å². The van der Waals surface area contributed by atoms with Gasteiger partial charge in [-0.05, 0) is 54.8 Å². The second-order valence-electron chi connectivity index (χ2n) is 7.70. The van der Waals surface area contributed by atoms with E-state index in [1.165, 1.54) is 6.21 Å². The van der Waals surface area contributed by atoms with Gasteiger partial charge in [-0.3, -0.25) is 13.9 Å². The van der Waals surface area contributed by atoms with Crippen LogP contribution in [0.25, 0.3) is 0 Å². The molecule has 0 saturated carbocycles. The fourth-order valence-electron chi connectivity index (χ4n) is 3.22. The summed E-state index contributed by atoms with van der Waals surface area (Å²) < 4.78 is 36.0. The summed E-state index contributed by atoms with van der Waals surface area (Å²) in [4.78, 5) is 24.1. The molecule has 182 valence electrons. The maximum absolute atomic E-state index is 12.2. The van der Waals surface area contributed by atoms with E-state index in [0.717, 1.165) is 30.0 Å². The maximum Gasteiger partial charge on any atom is 0.260 e. The minimum absolute atomic E-state index is 0.0794. The van der Waals surface area contributed by atoms with Gasteiger partial charge in [0.25, 0.3) is 11.8 Å². The summed E-state index contributed by atoms with van der Waals surface area (Å²) in [6.07, 6.45) is 4.50. The number of para-hydroxylation sites is 1. The van der Waals surface area contributed by atoms with Crippen molar-refractivity contribution in [2.24, 2.45) is 5.10 Å². The molecule has 10 nitrogen and oxygen atoms in total. The number of nitrogens with one attached hydrogen (secondary N) is 2. The molecule has 11 heteroatoms. The first kappa shape index (κ1) is 25.2. The molecule has 1 fully saturated rings. The molecule has 0 spiro atoms. The largest absolute Gasteiger partial charge is 0.484 e. The summed E-state index contributed by atoms with van der Waals surface area (Å²) >= 11 is 0. The van der Waals surface area contributed by atoms with Crippen molar-refractivity contribution in [2.75, 3.05) is 36.9 Å². The van der Waals surface area contributed by atoms with E-state index < -0.39 is 22.5 Å². The summed E-state index contributed by atoms with van der Waals surface area (Å²) in [5.74, 6) is -0.290. The first-order valence-electron chi connectivity index (χ1n) is 10.8. The smallest absolute Gasteiger partial charge is 0.260 e. The van der Waals surface area contributed by atoms with E-state index in [0.29, 0.717) is 23.5 Å². The third-order valence-electron chi connectivity index (χ3n) is 4.94. The molecule has 0 bridgehead atoms. The molecule has 34 heavy (non-hydrogen) atoms. The Hall–Kier alpha value is -3.44. The third kappa shape index (κ3) is 8.16. The number of amides is 2. The van der Waals surface area contributed by atoms with Crippen molar-refractivity contribution in [2.45, 2.75) is 18.9 Å². The predicted molar refractivity (Wildman–Crippen MR) is 128 cm³/mol. The van der Waals surface area contributed by atoms with Gasteiger partial charge in [0.2, 0.25) is 10.0 Å². The molecule has 2 aromatic rings. The molecule has 1 atom stereocenters. The maximum atomic E-state index is 12.2. The Morgan fingerprint density at radius 1 is 1.15 bits per heavy atom. The number of nitrogens with zero attached hydrogens (tertiary/aromatic N) is 2. The highest BCUT2D eigenvalue weighted by molar-refractivity contribution is 7.92. The average Bonchev–Trinajstić information content (AvgIpc) is 3.34. The Bertz CT molecular complexity index is 1080. The fraction of sp³-hybridized carbons (Fsp3) is 0.348. The first-order chi connectivity index (χ1) is 16.3. The molecule has 0 radical (unpaired) electrons. The zero-order valence-electron chi connectivity index (χ0n) is 18.8. The van der Waals surface area contributed by atoms with Crippen LogP contribution in [0.4, 0.5) is 5.69 Å². The van der Waals surface area contributed by atoms with Crippen LogP contribution in [-0.2, 0) is 24.3 Å². The monoisotopic (exact) mass is 488 g/mol. The molecule has 0 unspecified atom stereocenters. The van der Waals surface area contributed by atoms with Gasteiger partial charge in [0.15, 0.2) is 6.61 Å². The Balaban J connectivity index is 1.43. The summed E-state index contributed by atoms with van der Waals surface area (Å²) in [5.41, 5.74) is 3.39. The lowest BCUT2D eigenvalue weighted by Gasteiger charge is -2.21. The Morgan fingerprint density at radius 3 is 2.53 bits per heavy atom. The highest BCUT2D eigenvalue weighted by Crippen LogP contribution is 2.16. The van der Waals surface area contributed by atoms with Crippen LogP contribution in [-0.4, -0.2) is 65.1 Å². The van der Waals surface area contributed by atoms with E-state index in [2.05, 4.69) is 15.8 Å². The Morgan fingerprint density at radius 2 is 1.88 bits per heavy atom. The molecule has 0 aliphatic carbocycles. The summed E-state index contributed by atoms with van der Waals surface area (Å²) in [6.45, 7) is 0.718. The lowest BCUT2D eigenvalue weighted by Crippen LogP contribution is -2.38. The predicted octanol–water partition coefficient (Wildman–Crippen LogP) is 1.28. The van der Waals surface area contributed by atoms with Crippen LogP contribution in [0.15, 0.2) is 59.7 Å². The standard InChI is InChI=1S/C23H28N4O6S/c1-34(30,31)27(19-6-3-2-4-7-19)16-22(28)26-25-14-18-9-11-20(12-10-18)33-17-23(29)24-15-21-8-5-13-32-21/h2-4,6-7,9-12,14,21H,5,8,13,15-17H2,1H3,(H,24,29)(H,26,28)/b25-14-/t21-/m1/s1. The second-order valence-corrected chi connectivity index (χ2v) is 9.60. The summed E-state index contributed by atoms with van der Waals surface area (Å²) in [5, 5.41) is 6.66. The van der Waals surface area contributed by atoms with Crippen LogP contribution >= 0.6 is 0 Å². The lowest BCUT2D eigenvalue weighted by atomic mass is 10.2. The van der Waals surface area contributed by atoms with E-state index >= 15 is 0 Å². The van der Waals surface area contributed by atoms with Crippen LogP contribution in [0, 0.1) is 0 Å². The quantitative estimate of drug-likeness (QED) is 0.362. The second kappa shape index (κ2) is 12.1. The molecule has 2 aromatic carbocycles. The number of hydrogen-bond acceptors (Lipinski definition) is 7. The topological polar surface area (TPSA) is 126 Å². The number of carbonyl (C=O) groups is 2. The number of hydrogen-bond donors (Lipinski definition) is 2. The molecule has 1 aliphatic heterocycles. The SMILES string of the molecule is CS(=O)(=O)N(CC(=O)N/N=C\c1ccc(OCC(=O)NC[C@H]2CCCO2)cc1)c1ccccc1. The zero-order valence-corrected chi connectivity index (χ0v) is 19.7. The van der Waals surface area contributed by atoms with Gasteiger partial charge in [-0.15, -0.1) is 0 Å². The van der Waals surface area contributed by atoms with Crippen molar-refractivity contribution in [3.8, 4) is 5.75 Å². The molecule has 2 amide bonds. The normalized spacial score (nSPS) is 15.7. The lowest BCUT2D eigenvalue weighted by molar-refractivity contribution is -0.123. The number of rotatable bonds is 11. The molecule has 1 heterocycles. The van der Waals surface area contributed by atoms with Gasteiger partial charge < -0.3 is 14.8 Å². The highest BCUT2D eigenvalue weighted by Gasteiger charge is 2.20. The van der Waals surface area contributed by atoms with Crippen molar-refractivity contribution >= 4 is 33.7 Å². The van der Waals surface area contributed by atoms with Gasteiger partial charge in [-0.2, -0.15) is 5.10 Å². The first-order valence-corrected chi connectivity index (χ1v) is 12.6. The average molecular weight is 489 g/mol. The van der Waals surface area contributed by atoms with E-state index in [9.17, 15) is 18.0 Å². The number of carbonyl (C=O) groups excluding carboxylic acids is 2. The number of sulfonamides is 1. The summed E-state index contributed by atoms with van der Waals surface area (Å²) in [7, 11) is -3.64. The van der Waals surface area contributed by atoms with Gasteiger partial charge >= 0.3 is 0 Å². The van der Waals surface area contributed by atoms with Gasteiger partial charge in [0.05, 0.1) is 24.3 Å². The minimum Gasteiger partial charge on any atom is -0.484 e. The summed E-state index contributed by atoms with van der Waals surface area (Å²) in [6, 6.07) is 15.1. The van der Waals surface area contributed by atoms with Crippen molar-refractivity contribution in [1.29, 1.82) is 0 Å². The van der Waals surface area contributed by atoms with Gasteiger partial charge in [-0.25, -0.2) is 13.8 Å². The van der Waals surface area contributed by atoms with Crippen LogP contribution in [0.1, 0.15) is 18.4 Å². The molecule has 3 rings (SSSR count). The van der Waals surface area contributed by atoms with Crippen molar-refractivity contribution in [3.63, 3.8) is 0 Å². The zero-order chi connectivity index (χ0) is 24.4. The molecular formula is C23H28N4O6S. The number of benzene rings is 2. The van der Waals surface area contributed by atoms with E-state index in [1.807, 2.05) is 0 Å². The molecule has 2 N–H and O–H groups in total. The number of anilines is 1. The highest BCUT2D eigenvalue weighted by atomic mass is 32.2.